The van der Waals surface area contributed by atoms with E-state index in [1.54, 1.807) is 24.1 Å². The second-order valence-electron chi connectivity index (χ2n) is 6.16. The summed E-state index contributed by atoms with van der Waals surface area (Å²) in [6.45, 7) is 7.99. The van der Waals surface area contributed by atoms with Crippen LogP contribution in [-0.2, 0) is 4.79 Å². The Bertz CT molecular complexity index is 701. The van der Waals surface area contributed by atoms with E-state index >= 15 is 0 Å². The third-order valence-electron chi connectivity index (χ3n) is 4.38. The molecule has 2 rings (SSSR count). The van der Waals surface area contributed by atoms with Gasteiger partial charge in [-0.2, -0.15) is 10.0 Å². The first-order chi connectivity index (χ1) is 13.0. The molecule has 9 nitrogen and oxygen atoms in total. The lowest BCUT2D eigenvalue weighted by Gasteiger charge is -2.34. The molecule has 27 heavy (non-hydrogen) atoms. The number of nitrogens with zero attached hydrogens (tertiary/aromatic N) is 5. The molecule has 2 fully saturated rings. The van der Waals surface area contributed by atoms with Crippen LogP contribution in [0.5, 0.6) is 0 Å². The number of carbonyl (C=O) groups is 1. The van der Waals surface area contributed by atoms with Gasteiger partial charge in [0.1, 0.15) is 5.71 Å². The number of allylic oxidation sites excluding steroid dienone is 3. The van der Waals surface area contributed by atoms with Gasteiger partial charge in [-0.1, -0.05) is 17.8 Å². The topological polar surface area (TPSA) is 102 Å². The molecule has 2 N–H and O–H groups in total. The number of likely N-dealkylation sites (tertiary alicyclic amines) is 1. The van der Waals surface area contributed by atoms with Gasteiger partial charge < -0.3 is 15.1 Å². The predicted molar refractivity (Wildman–Crippen MR) is 111 cm³/mol. The second-order valence-corrected chi connectivity index (χ2v) is 6.55. The molecule has 146 valence electrons. The largest absolute Gasteiger partial charge is 0.345 e. The van der Waals surface area contributed by atoms with Crippen molar-refractivity contribution < 1.29 is 4.79 Å². The molecule has 1 unspecified atom stereocenters. The van der Waals surface area contributed by atoms with Crippen LogP contribution in [0.3, 0.4) is 0 Å². The van der Waals surface area contributed by atoms with E-state index in [9.17, 15) is 9.70 Å². The molecule has 2 heterocycles. The lowest BCUT2D eigenvalue weighted by atomic mass is 10.0. The van der Waals surface area contributed by atoms with Crippen LogP contribution in [0.1, 0.15) is 13.3 Å². The standard InChI is InChI=1S/C17H25N7O2S/c1-4-5-15-16(18-3)14(6-8-24(15)12(2)25)21-22-17(27)23-9-7-19-13(11-23)10-20-26/h4-5,13,19H,1,6-11H2,2-3H3,(H,22,27)/b15-5?,18-16?,21-14-. The zero-order valence-electron chi connectivity index (χ0n) is 15.6. The molecule has 2 saturated heterocycles. The Labute approximate surface area is 164 Å². The molecule has 2 aliphatic rings. The number of amides is 1. The van der Waals surface area contributed by atoms with Crippen LogP contribution in [0.15, 0.2) is 39.7 Å². The van der Waals surface area contributed by atoms with Crippen molar-refractivity contribution in [3.63, 3.8) is 0 Å². The molecule has 2 aliphatic heterocycles. The normalized spacial score (nSPS) is 25.0. The third kappa shape index (κ3) is 5.27. The lowest BCUT2D eigenvalue weighted by Crippen LogP contribution is -2.55. The summed E-state index contributed by atoms with van der Waals surface area (Å²) in [6, 6.07) is -0.0163. The van der Waals surface area contributed by atoms with E-state index in [-0.39, 0.29) is 18.5 Å². The summed E-state index contributed by atoms with van der Waals surface area (Å²) in [5.74, 6) is -0.0533. The number of hydrazone groups is 1. The zero-order valence-corrected chi connectivity index (χ0v) is 16.5. The highest BCUT2D eigenvalue weighted by Gasteiger charge is 2.28. The molecule has 0 spiro atoms. The first-order valence-electron chi connectivity index (χ1n) is 8.74. The smallest absolute Gasteiger partial charge is 0.223 e. The van der Waals surface area contributed by atoms with E-state index in [0.29, 0.717) is 36.0 Å². The molecular weight excluding hydrogens is 366 g/mol. The van der Waals surface area contributed by atoms with Crippen LogP contribution < -0.4 is 10.7 Å². The van der Waals surface area contributed by atoms with Crippen LogP contribution in [0, 0.1) is 4.91 Å². The number of carbonyl (C=O) groups excluding carboxylic acids is 1. The fraction of sp³-hybridized carbons (Fsp3) is 0.529. The summed E-state index contributed by atoms with van der Waals surface area (Å²) < 4.78 is 0. The van der Waals surface area contributed by atoms with Gasteiger partial charge >= 0.3 is 0 Å². The number of nitroso groups, excluding NO2 is 1. The van der Waals surface area contributed by atoms with Crippen molar-refractivity contribution >= 4 is 34.7 Å². The first-order valence-corrected chi connectivity index (χ1v) is 9.15. The maximum Gasteiger partial charge on any atom is 0.223 e. The quantitative estimate of drug-likeness (QED) is 0.415. The predicted octanol–water partition coefficient (Wildman–Crippen LogP) is 0.650. The number of aliphatic imine (C=N–C) groups is 1. The summed E-state index contributed by atoms with van der Waals surface area (Å²) in [4.78, 5) is 30.3. The molecule has 0 bridgehead atoms. The third-order valence-corrected chi connectivity index (χ3v) is 4.73. The Morgan fingerprint density at radius 1 is 1.48 bits per heavy atom. The monoisotopic (exact) mass is 391 g/mol. The van der Waals surface area contributed by atoms with Gasteiger partial charge in [0.25, 0.3) is 0 Å². The molecule has 1 amide bonds. The van der Waals surface area contributed by atoms with Crippen molar-refractivity contribution in [2.24, 2.45) is 15.3 Å². The van der Waals surface area contributed by atoms with Crippen molar-refractivity contribution in [3.05, 3.63) is 29.3 Å². The van der Waals surface area contributed by atoms with Crippen molar-refractivity contribution in [2.45, 2.75) is 19.4 Å². The highest BCUT2D eigenvalue weighted by atomic mass is 32.1. The Balaban J connectivity index is 2.10. The molecule has 1 atom stereocenters. The van der Waals surface area contributed by atoms with Gasteiger partial charge in [-0.25, -0.2) is 0 Å². The van der Waals surface area contributed by atoms with Crippen molar-refractivity contribution in [1.82, 2.24) is 20.5 Å². The van der Waals surface area contributed by atoms with E-state index in [0.717, 1.165) is 18.8 Å². The minimum absolute atomic E-state index is 0.0163. The van der Waals surface area contributed by atoms with Gasteiger partial charge in [-0.15, -0.1) is 0 Å². The summed E-state index contributed by atoms with van der Waals surface area (Å²) in [5.41, 5.74) is 4.97. The Morgan fingerprint density at radius 2 is 2.26 bits per heavy atom. The summed E-state index contributed by atoms with van der Waals surface area (Å²) in [5, 5.41) is 11.1. The van der Waals surface area contributed by atoms with E-state index in [1.165, 1.54) is 6.92 Å². The van der Waals surface area contributed by atoms with Crippen LogP contribution in [0.25, 0.3) is 0 Å². The lowest BCUT2D eigenvalue weighted by molar-refractivity contribution is -0.126. The van der Waals surface area contributed by atoms with Gasteiger partial charge in [0.05, 0.1) is 18.0 Å². The van der Waals surface area contributed by atoms with Crippen molar-refractivity contribution in [3.8, 4) is 0 Å². The van der Waals surface area contributed by atoms with Gasteiger partial charge in [0, 0.05) is 52.6 Å². The van der Waals surface area contributed by atoms with Crippen molar-refractivity contribution in [2.75, 3.05) is 39.8 Å². The van der Waals surface area contributed by atoms with Gasteiger partial charge in [0.2, 0.25) is 5.91 Å². The number of piperazine rings is 1. The number of nitrogens with one attached hydrogen (secondary N) is 2. The number of hydrogen-bond donors (Lipinski definition) is 2. The number of thiocarbonyl (C=S) groups is 1. The highest BCUT2D eigenvalue weighted by molar-refractivity contribution is 7.80. The van der Waals surface area contributed by atoms with Crippen LogP contribution in [0.2, 0.25) is 0 Å². The Morgan fingerprint density at radius 3 is 2.89 bits per heavy atom. The molecule has 0 aromatic carbocycles. The molecule has 0 radical (unpaired) electrons. The van der Waals surface area contributed by atoms with Gasteiger partial charge in [-0.3, -0.25) is 15.2 Å². The number of piperidine rings is 1. The van der Waals surface area contributed by atoms with Gasteiger partial charge in [0.15, 0.2) is 5.11 Å². The number of rotatable bonds is 4. The summed E-state index contributed by atoms with van der Waals surface area (Å²) >= 11 is 5.44. The van der Waals surface area contributed by atoms with Crippen LogP contribution >= 0.6 is 12.2 Å². The highest BCUT2D eigenvalue weighted by Crippen LogP contribution is 2.17. The molecule has 0 aromatic heterocycles. The minimum Gasteiger partial charge on any atom is -0.345 e. The molecule has 10 heteroatoms. The molecule has 0 aliphatic carbocycles. The Hall–Kier alpha value is -2.46. The van der Waals surface area contributed by atoms with E-state index in [2.05, 4.69) is 32.6 Å². The number of hydrogen-bond acceptors (Lipinski definition) is 7. The molecular formula is C17H25N7O2S. The molecule has 0 saturated carbocycles. The maximum absolute atomic E-state index is 11.9. The summed E-state index contributed by atoms with van der Waals surface area (Å²) in [7, 11) is 1.66. The second kappa shape index (κ2) is 10.0. The fourth-order valence-electron chi connectivity index (χ4n) is 3.10. The zero-order chi connectivity index (χ0) is 19.8. The minimum atomic E-state index is -0.0533. The fourth-order valence-corrected chi connectivity index (χ4v) is 3.31. The Kier molecular flexibility index (Phi) is 7.74. The van der Waals surface area contributed by atoms with Crippen LogP contribution in [-0.4, -0.2) is 78.1 Å². The average Bonchev–Trinajstić information content (AvgIpc) is 2.66. The summed E-state index contributed by atoms with van der Waals surface area (Å²) in [6.07, 6.45) is 3.94. The first kappa shape index (κ1) is 20.8. The van der Waals surface area contributed by atoms with Gasteiger partial charge in [-0.05, 0) is 18.3 Å². The SMILES string of the molecule is C=CC=C1C(=NC)/C(=N\NC(=S)N2CCNC(CN=O)C2)CCN1C(C)=O. The maximum atomic E-state index is 11.9. The average molecular weight is 392 g/mol. The van der Waals surface area contributed by atoms with E-state index < -0.39 is 0 Å². The van der Waals surface area contributed by atoms with Crippen LogP contribution in [0.4, 0.5) is 0 Å². The van der Waals surface area contributed by atoms with Crippen molar-refractivity contribution in [1.29, 1.82) is 0 Å². The van der Waals surface area contributed by atoms with E-state index in [1.807, 2.05) is 4.90 Å². The van der Waals surface area contributed by atoms with E-state index in [4.69, 9.17) is 12.2 Å². The molecule has 0 aromatic rings.